The molecule has 0 spiro atoms. The van der Waals surface area contributed by atoms with E-state index in [0.29, 0.717) is 11.6 Å². The third-order valence-corrected chi connectivity index (χ3v) is 5.29. The number of nitrogens with zero attached hydrogens (tertiary/aromatic N) is 2. The first-order valence-corrected chi connectivity index (χ1v) is 10.6. The summed E-state index contributed by atoms with van der Waals surface area (Å²) in [7, 11) is 0. The van der Waals surface area contributed by atoms with Gasteiger partial charge in [0.1, 0.15) is 23.8 Å². The number of carbonyl (C=O) groups is 1. The summed E-state index contributed by atoms with van der Waals surface area (Å²) < 4.78 is 33.7. The first-order valence-electron chi connectivity index (χ1n) is 10.2. The Bertz CT molecular complexity index is 1240. The van der Waals surface area contributed by atoms with Crippen LogP contribution in [0.25, 0.3) is 0 Å². The highest BCUT2D eigenvalue weighted by Crippen LogP contribution is 2.20. The lowest BCUT2D eigenvalue weighted by Gasteiger charge is -2.08. The molecule has 3 aromatic carbocycles. The van der Waals surface area contributed by atoms with Crippen molar-refractivity contribution in [3.05, 3.63) is 118 Å². The molecule has 1 amide bonds. The molecule has 0 aliphatic rings. The molecule has 1 N–H and O–H groups in total. The van der Waals surface area contributed by atoms with Crippen molar-refractivity contribution < 1.29 is 18.3 Å². The quantitative estimate of drug-likeness (QED) is 0.379. The maximum absolute atomic E-state index is 13.2. The molecule has 0 aliphatic carbocycles. The van der Waals surface area contributed by atoms with E-state index in [1.807, 2.05) is 18.2 Å². The van der Waals surface area contributed by atoms with Crippen LogP contribution in [0.3, 0.4) is 0 Å². The van der Waals surface area contributed by atoms with Gasteiger partial charge < -0.3 is 10.1 Å². The third-order valence-electron chi connectivity index (χ3n) is 4.92. The van der Waals surface area contributed by atoms with Gasteiger partial charge >= 0.3 is 0 Å². The van der Waals surface area contributed by atoms with Gasteiger partial charge in [0, 0.05) is 17.8 Å². The standard InChI is InChI=1S/C25H20ClF2N3O2/c26-23-4-2-1-3-19(23)13-29-24(32)22-15-31(14-17-5-9-20(27)10-6-17)30-25(22)33-16-18-7-11-21(28)12-8-18/h1-12,15H,13-14,16H2,(H,29,32). The predicted octanol–water partition coefficient (Wildman–Crippen LogP) is 5.37. The second kappa shape index (κ2) is 10.3. The van der Waals surface area contributed by atoms with Crippen LogP contribution in [0.15, 0.2) is 79.0 Å². The molecule has 0 fully saturated rings. The molecule has 1 aromatic heterocycles. The first-order chi connectivity index (χ1) is 16.0. The summed E-state index contributed by atoms with van der Waals surface area (Å²) in [5.74, 6) is -0.920. The molecule has 168 valence electrons. The van der Waals surface area contributed by atoms with E-state index in [0.717, 1.165) is 16.7 Å². The number of rotatable bonds is 8. The number of amides is 1. The van der Waals surface area contributed by atoms with Crippen LogP contribution in [-0.2, 0) is 19.7 Å². The number of nitrogens with one attached hydrogen (secondary N) is 1. The number of halogens is 3. The predicted molar refractivity (Wildman–Crippen MR) is 121 cm³/mol. The SMILES string of the molecule is O=C(NCc1ccccc1Cl)c1cn(Cc2ccc(F)cc2)nc1OCc1ccc(F)cc1. The third kappa shape index (κ3) is 5.96. The molecular weight excluding hydrogens is 448 g/mol. The van der Waals surface area contributed by atoms with E-state index in [9.17, 15) is 13.6 Å². The molecule has 0 atom stereocenters. The second-order valence-electron chi connectivity index (χ2n) is 7.36. The van der Waals surface area contributed by atoms with Crippen LogP contribution in [0.5, 0.6) is 5.88 Å². The number of benzene rings is 3. The Hall–Kier alpha value is -3.71. The zero-order chi connectivity index (χ0) is 23.2. The van der Waals surface area contributed by atoms with Crippen molar-refractivity contribution in [1.82, 2.24) is 15.1 Å². The minimum Gasteiger partial charge on any atom is -0.471 e. The van der Waals surface area contributed by atoms with Gasteiger partial charge in [-0.15, -0.1) is 5.10 Å². The number of hydrogen-bond donors (Lipinski definition) is 1. The van der Waals surface area contributed by atoms with Crippen molar-refractivity contribution >= 4 is 17.5 Å². The lowest BCUT2D eigenvalue weighted by Crippen LogP contribution is -2.23. The average molecular weight is 468 g/mol. The maximum atomic E-state index is 13.2. The fourth-order valence-electron chi connectivity index (χ4n) is 3.17. The largest absolute Gasteiger partial charge is 0.471 e. The molecule has 4 rings (SSSR count). The molecule has 0 aliphatic heterocycles. The smallest absolute Gasteiger partial charge is 0.258 e. The Morgan fingerprint density at radius 1 is 0.939 bits per heavy atom. The molecule has 33 heavy (non-hydrogen) atoms. The van der Waals surface area contributed by atoms with Gasteiger partial charge in [0.25, 0.3) is 5.91 Å². The molecule has 8 heteroatoms. The van der Waals surface area contributed by atoms with Crippen LogP contribution in [0.2, 0.25) is 5.02 Å². The Labute approximate surface area is 194 Å². The lowest BCUT2D eigenvalue weighted by atomic mass is 10.2. The Morgan fingerprint density at radius 2 is 1.58 bits per heavy atom. The summed E-state index contributed by atoms with van der Waals surface area (Å²) in [6.45, 7) is 0.669. The van der Waals surface area contributed by atoms with Crippen molar-refractivity contribution in [2.24, 2.45) is 0 Å². The van der Waals surface area contributed by atoms with Gasteiger partial charge in [-0.25, -0.2) is 8.78 Å². The highest BCUT2D eigenvalue weighted by Gasteiger charge is 2.19. The summed E-state index contributed by atoms with van der Waals surface area (Å²) in [4.78, 5) is 12.9. The topological polar surface area (TPSA) is 56.2 Å². The highest BCUT2D eigenvalue weighted by molar-refractivity contribution is 6.31. The van der Waals surface area contributed by atoms with Crippen LogP contribution in [0, 0.1) is 11.6 Å². The molecular formula is C25H20ClF2N3O2. The van der Waals surface area contributed by atoms with Crippen molar-refractivity contribution in [1.29, 1.82) is 0 Å². The number of carbonyl (C=O) groups excluding carboxylic acids is 1. The summed E-state index contributed by atoms with van der Waals surface area (Å²) in [6.07, 6.45) is 1.57. The van der Waals surface area contributed by atoms with Crippen LogP contribution in [0.1, 0.15) is 27.0 Å². The van der Waals surface area contributed by atoms with Crippen molar-refractivity contribution in [2.75, 3.05) is 0 Å². The number of aromatic nitrogens is 2. The maximum Gasteiger partial charge on any atom is 0.258 e. The van der Waals surface area contributed by atoms with E-state index in [-0.39, 0.29) is 42.1 Å². The van der Waals surface area contributed by atoms with Gasteiger partial charge in [0.15, 0.2) is 0 Å². The van der Waals surface area contributed by atoms with E-state index in [1.165, 1.54) is 24.3 Å². The van der Waals surface area contributed by atoms with Gasteiger partial charge in [-0.3, -0.25) is 9.48 Å². The molecule has 1 heterocycles. The van der Waals surface area contributed by atoms with Gasteiger partial charge in [0.2, 0.25) is 5.88 Å². The van der Waals surface area contributed by atoms with Gasteiger partial charge in [-0.05, 0) is 47.0 Å². The summed E-state index contributed by atoms with van der Waals surface area (Å²) in [6, 6.07) is 19.1. The van der Waals surface area contributed by atoms with E-state index in [1.54, 1.807) is 41.2 Å². The minimum atomic E-state index is -0.380. The molecule has 0 saturated heterocycles. The molecule has 0 unspecified atom stereocenters. The van der Waals surface area contributed by atoms with E-state index in [4.69, 9.17) is 16.3 Å². The second-order valence-corrected chi connectivity index (χ2v) is 7.77. The van der Waals surface area contributed by atoms with Crippen LogP contribution in [0.4, 0.5) is 8.78 Å². The van der Waals surface area contributed by atoms with Gasteiger partial charge in [0.05, 0.1) is 6.54 Å². The highest BCUT2D eigenvalue weighted by atomic mass is 35.5. The molecule has 0 bridgehead atoms. The molecule has 0 radical (unpaired) electrons. The van der Waals surface area contributed by atoms with Crippen LogP contribution < -0.4 is 10.1 Å². The monoisotopic (exact) mass is 467 g/mol. The zero-order valence-corrected chi connectivity index (χ0v) is 18.2. The van der Waals surface area contributed by atoms with Crippen molar-refractivity contribution in [3.8, 4) is 5.88 Å². The Morgan fingerprint density at radius 3 is 2.24 bits per heavy atom. The molecule has 4 aromatic rings. The number of hydrogen-bond acceptors (Lipinski definition) is 3. The van der Waals surface area contributed by atoms with Gasteiger partial charge in [-0.1, -0.05) is 54.1 Å². The normalized spacial score (nSPS) is 10.8. The van der Waals surface area contributed by atoms with E-state index >= 15 is 0 Å². The summed E-state index contributed by atoms with van der Waals surface area (Å²) in [5.41, 5.74) is 2.56. The van der Waals surface area contributed by atoms with Crippen molar-refractivity contribution in [3.63, 3.8) is 0 Å². The van der Waals surface area contributed by atoms with Gasteiger partial charge in [-0.2, -0.15) is 0 Å². The van der Waals surface area contributed by atoms with Crippen LogP contribution >= 0.6 is 11.6 Å². The van der Waals surface area contributed by atoms with Crippen LogP contribution in [-0.4, -0.2) is 15.7 Å². The fourth-order valence-corrected chi connectivity index (χ4v) is 3.37. The van der Waals surface area contributed by atoms with Crippen molar-refractivity contribution in [2.45, 2.75) is 19.7 Å². The van der Waals surface area contributed by atoms with E-state index in [2.05, 4.69) is 10.4 Å². The molecule has 0 saturated carbocycles. The number of ether oxygens (including phenoxy) is 1. The minimum absolute atomic E-state index is 0.110. The Kier molecular flexibility index (Phi) is 7.00. The first kappa shape index (κ1) is 22.5. The average Bonchev–Trinajstić information content (AvgIpc) is 3.22. The zero-order valence-electron chi connectivity index (χ0n) is 17.5. The fraction of sp³-hybridized carbons (Fsp3) is 0.120. The lowest BCUT2D eigenvalue weighted by molar-refractivity contribution is 0.0946. The summed E-state index contributed by atoms with van der Waals surface area (Å²) >= 11 is 6.17. The summed E-state index contributed by atoms with van der Waals surface area (Å²) in [5, 5.41) is 7.78. The van der Waals surface area contributed by atoms with E-state index < -0.39 is 0 Å². The molecule has 5 nitrogen and oxygen atoms in total. The Balaban J connectivity index is 1.53.